The summed E-state index contributed by atoms with van der Waals surface area (Å²) in [5.41, 5.74) is 4.55. The number of aromatic hydroxyl groups is 1. The third-order valence-electron chi connectivity index (χ3n) is 4.35. The Balaban J connectivity index is 2.13. The molecule has 0 unspecified atom stereocenters. The number of rotatable bonds is 5. The van der Waals surface area contributed by atoms with E-state index >= 15 is 0 Å². The molecule has 0 spiro atoms. The molecule has 0 heterocycles. The lowest BCUT2D eigenvalue weighted by Gasteiger charge is -2.27. The zero-order valence-electron chi connectivity index (χ0n) is 17.8. The van der Waals surface area contributed by atoms with E-state index in [0.29, 0.717) is 11.5 Å². The van der Waals surface area contributed by atoms with Crippen molar-refractivity contribution in [2.45, 2.75) is 52.4 Å². The molecule has 2 aromatic rings. The van der Waals surface area contributed by atoms with Gasteiger partial charge < -0.3 is 9.84 Å². The molecular weight excluding hydrogens is 479 g/mol. The first-order valence-electron chi connectivity index (χ1n) is 9.47. The van der Waals surface area contributed by atoms with Crippen molar-refractivity contribution in [3.63, 3.8) is 0 Å². The van der Waals surface area contributed by atoms with Gasteiger partial charge in [-0.05, 0) is 63.2 Å². The van der Waals surface area contributed by atoms with Crippen molar-refractivity contribution < 1.29 is 14.6 Å². The molecule has 0 aliphatic rings. The second kappa shape index (κ2) is 9.15. The van der Waals surface area contributed by atoms with Crippen molar-refractivity contribution in [1.29, 1.82) is 0 Å². The van der Waals surface area contributed by atoms with Gasteiger partial charge in [0.05, 0.1) is 9.78 Å². The van der Waals surface area contributed by atoms with E-state index in [1.165, 1.54) is 0 Å². The number of benzene rings is 2. The van der Waals surface area contributed by atoms with Gasteiger partial charge in [0.15, 0.2) is 6.61 Å². The summed E-state index contributed by atoms with van der Waals surface area (Å²) in [5.74, 6) is 0.638. The number of phenols is 1. The summed E-state index contributed by atoms with van der Waals surface area (Å²) >= 11 is 2.16. The lowest BCUT2D eigenvalue weighted by atomic mass is 9.78. The van der Waals surface area contributed by atoms with Gasteiger partial charge in [-0.2, -0.15) is 5.10 Å². The lowest BCUT2D eigenvalue weighted by Crippen LogP contribution is -2.25. The number of halogens is 1. The number of ether oxygens (including phenoxy) is 1. The predicted octanol–water partition coefficient (Wildman–Crippen LogP) is 5.12. The van der Waals surface area contributed by atoms with Crippen molar-refractivity contribution in [2.24, 2.45) is 5.10 Å². The van der Waals surface area contributed by atoms with Gasteiger partial charge in [0, 0.05) is 11.1 Å². The van der Waals surface area contributed by atoms with Crippen LogP contribution in [-0.2, 0) is 15.6 Å². The highest BCUT2D eigenvalue weighted by Gasteiger charge is 2.26. The summed E-state index contributed by atoms with van der Waals surface area (Å²) in [6, 6.07) is 11.3. The molecule has 2 N–H and O–H groups in total. The smallest absolute Gasteiger partial charge is 0.277 e. The number of carbonyl (C=O) groups excluding carboxylic acids is 1. The van der Waals surface area contributed by atoms with E-state index in [1.54, 1.807) is 6.21 Å². The van der Waals surface area contributed by atoms with Crippen LogP contribution in [0, 0.1) is 3.57 Å². The van der Waals surface area contributed by atoms with Crippen LogP contribution in [0.3, 0.4) is 0 Å². The van der Waals surface area contributed by atoms with E-state index in [1.807, 2.05) is 36.4 Å². The van der Waals surface area contributed by atoms with Crippen LogP contribution in [-0.4, -0.2) is 23.8 Å². The highest BCUT2D eigenvalue weighted by molar-refractivity contribution is 14.1. The molecule has 0 aliphatic heterocycles. The molecule has 0 fully saturated rings. The standard InChI is InChI=1S/C23H29IN2O3/c1-22(2,3)16-11-15(12-17(21(16)28)23(4,5)6)13-25-26-20(27)14-29-19-10-8-7-9-18(19)24/h7-13,28H,14H2,1-6H3,(H,26,27)/b25-13+. The molecule has 29 heavy (non-hydrogen) atoms. The van der Waals surface area contributed by atoms with E-state index in [2.05, 4.69) is 74.7 Å². The fourth-order valence-corrected chi connectivity index (χ4v) is 3.33. The van der Waals surface area contributed by atoms with Gasteiger partial charge in [0.25, 0.3) is 5.91 Å². The van der Waals surface area contributed by atoms with Crippen molar-refractivity contribution in [1.82, 2.24) is 5.43 Å². The summed E-state index contributed by atoms with van der Waals surface area (Å²) in [6.45, 7) is 12.2. The zero-order valence-corrected chi connectivity index (χ0v) is 20.0. The molecule has 0 aliphatic carbocycles. The first-order chi connectivity index (χ1) is 13.4. The second-order valence-corrected chi connectivity index (χ2v) is 10.1. The molecule has 5 nitrogen and oxygen atoms in total. The first kappa shape index (κ1) is 23.2. The van der Waals surface area contributed by atoms with Crippen molar-refractivity contribution >= 4 is 34.7 Å². The second-order valence-electron chi connectivity index (χ2n) is 8.98. The Labute approximate surface area is 186 Å². The Hall–Kier alpha value is -2.09. The number of phenolic OH excluding ortho intramolecular Hbond substituents is 1. The number of para-hydroxylation sites is 1. The molecule has 156 valence electrons. The fraction of sp³-hybridized carbons (Fsp3) is 0.391. The molecule has 2 aromatic carbocycles. The highest BCUT2D eigenvalue weighted by Crippen LogP contribution is 2.39. The van der Waals surface area contributed by atoms with Crippen molar-refractivity contribution in [2.75, 3.05) is 6.61 Å². The Bertz CT molecular complexity index is 874. The minimum Gasteiger partial charge on any atom is -0.507 e. The van der Waals surface area contributed by atoms with Crippen LogP contribution in [0.25, 0.3) is 0 Å². The number of hydrogen-bond donors (Lipinski definition) is 2. The highest BCUT2D eigenvalue weighted by atomic mass is 127. The Morgan fingerprint density at radius 1 is 1.10 bits per heavy atom. The van der Waals surface area contributed by atoms with Gasteiger partial charge in [-0.25, -0.2) is 5.43 Å². The third-order valence-corrected chi connectivity index (χ3v) is 5.24. The van der Waals surface area contributed by atoms with Crippen LogP contribution in [0.5, 0.6) is 11.5 Å². The number of nitrogens with one attached hydrogen (secondary N) is 1. The minimum atomic E-state index is -0.341. The summed E-state index contributed by atoms with van der Waals surface area (Å²) in [7, 11) is 0. The number of hydrazone groups is 1. The molecule has 0 atom stereocenters. The van der Waals surface area contributed by atoms with Gasteiger partial charge in [-0.15, -0.1) is 0 Å². The van der Waals surface area contributed by atoms with Crippen LogP contribution in [0.2, 0.25) is 0 Å². The van der Waals surface area contributed by atoms with Crippen molar-refractivity contribution in [3.05, 3.63) is 56.7 Å². The van der Waals surface area contributed by atoms with Crippen LogP contribution < -0.4 is 10.2 Å². The molecule has 0 bridgehead atoms. The number of amides is 1. The van der Waals surface area contributed by atoms with E-state index in [4.69, 9.17) is 4.74 Å². The Kier molecular flexibility index (Phi) is 7.32. The van der Waals surface area contributed by atoms with Gasteiger partial charge >= 0.3 is 0 Å². The topological polar surface area (TPSA) is 70.9 Å². The summed E-state index contributed by atoms with van der Waals surface area (Å²) in [6.07, 6.45) is 1.59. The molecule has 1 amide bonds. The van der Waals surface area contributed by atoms with Crippen LogP contribution in [0.1, 0.15) is 58.2 Å². The molecule has 0 aromatic heterocycles. The molecule has 0 radical (unpaired) electrons. The van der Waals surface area contributed by atoms with Gasteiger partial charge in [0.2, 0.25) is 0 Å². The number of nitrogens with zero attached hydrogens (tertiary/aromatic N) is 1. The van der Waals surface area contributed by atoms with Crippen molar-refractivity contribution in [3.8, 4) is 11.5 Å². The summed E-state index contributed by atoms with van der Waals surface area (Å²) < 4.78 is 6.46. The third kappa shape index (κ3) is 6.45. The van der Waals surface area contributed by atoms with Gasteiger partial charge in [-0.1, -0.05) is 53.7 Å². The predicted molar refractivity (Wildman–Crippen MR) is 126 cm³/mol. The monoisotopic (exact) mass is 508 g/mol. The molecule has 0 saturated heterocycles. The van der Waals surface area contributed by atoms with Crippen LogP contribution >= 0.6 is 22.6 Å². The van der Waals surface area contributed by atoms with E-state index in [0.717, 1.165) is 20.3 Å². The maximum atomic E-state index is 12.0. The Morgan fingerprint density at radius 3 is 2.17 bits per heavy atom. The number of hydrogen-bond acceptors (Lipinski definition) is 4. The van der Waals surface area contributed by atoms with Crippen LogP contribution in [0.4, 0.5) is 0 Å². The maximum absolute atomic E-state index is 12.0. The maximum Gasteiger partial charge on any atom is 0.277 e. The van der Waals surface area contributed by atoms with E-state index in [9.17, 15) is 9.90 Å². The average Bonchev–Trinajstić information content (AvgIpc) is 2.60. The van der Waals surface area contributed by atoms with Crippen LogP contribution in [0.15, 0.2) is 41.5 Å². The summed E-state index contributed by atoms with van der Waals surface area (Å²) in [4.78, 5) is 12.0. The molecular formula is C23H29IN2O3. The van der Waals surface area contributed by atoms with Gasteiger partial charge in [0.1, 0.15) is 11.5 Å². The van der Waals surface area contributed by atoms with E-state index in [-0.39, 0.29) is 23.3 Å². The number of carbonyl (C=O) groups is 1. The molecule has 0 saturated carbocycles. The van der Waals surface area contributed by atoms with Gasteiger partial charge in [-0.3, -0.25) is 4.79 Å². The molecule has 2 rings (SSSR count). The quantitative estimate of drug-likeness (QED) is 0.335. The largest absolute Gasteiger partial charge is 0.507 e. The minimum absolute atomic E-state index is 0.118. The normalized spacial score (nSPS) is 12.2. The Morgan fingerprint density at radius 2 is 1.66 bits per heavy atom. The molecule has 6 heteroatoms. The SMILES string of the molecule is CC(C)(C)c1cc(/C=N/NC(=O)COc2ccccc2I)cc(C(C)(C)C)c1O. The zero-order chi connectivity index (χ0) is 21.8. The van der Waals surface area contributed by atoms with E-state index < -0.39 is 0 Å². The average molecular weight is 508 g/mol. The fourth-order valence-electron chi connectivity index (χ4n) is 2.79. The lowest BCUT2D eigenvalue weighted by molar-refractivity contribution is -0.123. The first-order valence-corrected chi connectivity index (χ1v) is 10.5. The summed E-state index contributed by atoms with van der Waals surface area (Å²) in [5, 5.41) is 14.8.